The molecule has 0 radical (unpaired) electrons. The minimum absolute atomic E-state index is 0.00991. The minimum Gasteiger partial charge on any atom is -0.496 e. The Morgan fingerprint density at radius 2 is 1.85 bits per heavy atom. The highest BCUT2D eigenvalue weighted by Gasteiger charge is 2.21. The summed E-state index contributed by atoms with van der Waals surface area (Å²) >= 11 is 1.58. The van der Waals surface area contributed by atoms with E-state index in [1.807, 2.05) is 31.2 Å². The maximum Gasteiger partial charge on any atom is 0.269 e. The summed E-state index contributed by atoms with van der Waals surface area (Å²) in [4.78, 5) is 23.1. The third kappa shape index (κ3) is 4.56. The molecule has 8 heteroatoms. The van der Waals surface area contributed by atoms with Gasteiger partial charge in [0.25, 0.3) is 5.91 Å². The van der Waals surface area contributed by atoms with E-state index in [1.54, 1.807) is 36.6 Å². The fourth-order valence-corrected chi connectivity index (χ4v) is 4.58. The van der Waals surface area contributed by atoms with Crippen molar-refractivity contribution in [1.82, 2.24) is 9.97 Å². The van der Waals surface area contributed by atoms with E-state index in [9.17, 15) is 9.18 Å². The molecule has 2 N–H and O–H groups in total. The Kier molecular flexibility index (Phi) is 6.37. The number of rotatable bonds is 7. The van der Waals surface area contributed by atoms with Crippen molar-refractivity contribution >= 4 is 17.2 Å². The first-order valence-corrected chi connectivity index (χ1v) is 11.0. The Bertz CT molecular complexity index is 1340. The minimum atomic E-state index is -0.736. The van der Waals surface area contributed by atoms with E-state index >= 15 is 0 Å². The normalized spacial score (nSPS) is 10.8. The lowest BCUT2D eigenvalue weighted by Gasteiger charge is -2.12. The maximum atomic E-state index is 14.4. The summed E-state index contributed by atoms with van der Waals surface area (Å²) in [7, 11) is 3.08. The van der Waals surface area contributed by atoms with Gasteiger partial charge in [-0.25, -0.2) is 14.4 Å². The molecule has 33 heavy (non-hydrogen) atoms. The van der Waals surface area contributed by atoms with Crippen LogP contribution >= 0.6 is 11.3 Å². The highest BCUT2D eigenvalue weighted by atomic mass is 32.1. The zero-order valence-electron chi connectivity index (χ0n) is 18.4. The van der Waals surface area contributed by atoms with Gasteiger partial charge in [-0.1, -0.05) is 12.1 Å². The molecule has 0 saturated heterocycles. The standard InChI is InChI=1S/C25H22FN3O3S/c1-14-12-15(8-10-20(14)31-2)21-11-9-16(33-21)13-19-23(24(27)30)29-22(25(28-19)32-3)17-6-4-5-7-18(17)26/h4-12H,13H2,1-3H3,(H2,27,30). The number of nitrogens with zero attached hydrogens (tertiary/aromatic N) is 2. The molecule has 0 saturated carbocycles. The summed E-state index contributed by atoms with van der Waals surface area (Å²) in [6, 6.07) is 16.1. The summed E-state index contributed by atoms with van der Waals surface area (Å²) in [5.74, 6) is -0.271. The van der Waals surface area contributed by atoms with Gasteiger partial charge in [-0.2, -0.15) is 0 Å². The number of methoxy groups -OCH3 is 2. The fraction of sp³-hybridized carbons (Fsp3) is 0.160. The van der Waals surface area contributed by atoms with Crippen LogP contribution in [0.3, 0.4) is 0 Å². The first-order valence-electron chi connectivity index (χ1n) is 10.1. The molecular weight excluding hydrogens is 441 g/mol. The van der Waals surface area contributed by atoms with Crippen molar-refractivity contribution in [3.05, 3.63) is 82.2 Å². The van der Waals surface area contributed by atoms with Crippen molar-refractivity contribution in [3.8, 4) is 33.3 Å². The topological polar surface area (TPSA) is 87.3 Å². The lowest BCUT2D eigenvalue weighted by atomic mass is 10.1. The molecule has 0 spiro atoms. The van der Waals surface area contributed by atoms with Gasteiger partial charge in [0.05, 0.1) is 19.9 Å². The lowest BCUT2D eigenvalue weighted by Crippen LogP contribution is -2.18. The predicted octanol–water partition coefficient (Wildman–Crippen LogP) is 5.03. The first kappa shape index (κ1) is 22.4. The number of ether oxygens (including phenoxy) is 2. The molecule has 0 unspecified atom stereocenters. The Hall–Kier alpha value is -3.78. The zero-order chi connectivity index (χ0) is 23.5. The molecule has 4 rings (SSSR count). The number of aryl methyl sites for hydroxylation is 1. The van der Waals surface area contributed by atoms with Gasteiger partial charge in [0, 0.05) is 21.7 Å². The second-order valence-corrected chi connectivity index (χ2v) is 8.52. The molecule has 0 aliphatic heterocycles. The van der Waals surface area contributed by atoms with Gasteiger partial charge in [0.2, 0.25) is 5.88 Å². The third-order valence-electron chi connectivity index (χ3n) is 5.17. The quantitative estimate of drug-likeness (QED) is 0.416. The highest BCUT2D eigenvalue weighted by Crippen LogP contribution is 2.34. The molecule has 0 aliphatic carbocycles. The molecule has 0 aliphatic rings. The van der Waals surface area contributed by atoms with Gasteiger partial charge in [-0.3, -0.25) is 4.79 Å². The number of halogens is 1. The van der Waals surface area contributed by atoms with E-state index < -0.39 is 11.7 Å². The van der Waals surface area contributed by atoms with E-state index in [4.69, 9.17) is 15.2 Å². The van der Waals surface area contributed by atoms with Crippen LogP contribution in [0.5, 0.6) is 11.6 Å². The molecule has 168 valence electrons. The molecule has 0 atom stereocenters. The fourth-order valence-electron chi connectivity index (χ4n) is 3.57. The van der Waals surface area contributed by atoms with Crippen LogP contribution in [0.15, 0.2) is 54.6 Å². The number of aromatic nitrogens is 2. The molecule has 2 aromatic carbocycles. The molecule has 4 aromatic rings. The van der Waals surface area contributed by atoms with E-state index in [2.05, 4.69) is 16.0 Å². The number of hydrogen-bond acceptors (Lipinski definition) is 6. The third-order valence-corrected chi connectivity index (χ3v) is 6.31. The number of benzene rings is 2. The van der Waals surface area contributed by atoms with Crippen LogP contribution in [0.2, 0.25) is 0 Å². The summed E-state index contributed by atoms with van der Waals surface area (Å²) in [5, 5.41) is 0. The number of nitrogens with two attached hydrogens (primary N) is 1. The average molecular weight is 464 g/mol. The van der Waals surface area contributed by atoms with E-state index in [0.717, 1.165) is 26.6 Å². The molecule has 0 bridgehead atoms. The van der Waals surface area contributed by atoms with Gasteiger partial charge in [0.1, 0.15) is 17.3 Å². The Balaban J connectivity index is 1.71. The smallest absolute Gasteiger partial charge is 0.269 e. The van der Waals surface area contributed by atoms with Crippen molar-refractivity contribution < 1.29 is 18.7 Å². The lowest BCUT2D eigenvalue weighted by molar-refractivity contribution is 0.0994. The second kappa shape index (κ2) is 9.38. The molecule has 2 aromatic heterocycles. The summed E-state index contributed by atoms with van der Waals surface area (Å²) in [6.07, 6.45) is 0.332. The largest absolute Gasteiger partial charge is 0.496 e. The zero-order valence-corrected chi connectivity index (χ0v) is 19.2. The first-order chi connectivity index (χ1) is 15.9. The Labute approximate surface area is 194 Å². The molecule has 6 nitrogen and oxygen atoms in total. The van der Waals surface area contributed by atoms with E-state index in [0.29, 0.717) is 12.1 Å². The van der Waals surface area contributed by atoms with Crippen molar-refractivity contribution in [1.29, 1.82) is 0 Å². The van der Waals surface area contributed by atoms with Crippen molar-refractivity contribution in [3.63, 3.8) is 0 Å². The van der Waals surface area contributed by atoms with Crippen molar-refractivity contribution in [2.75, 3.05) is 14.2 Å². The van der Waals surface area contributed by atoms with E-state index in [-0.39, 0.29) is 22.8 Å². The summed E-state index contributed by atoms with van der Waals surface area (Å²) < 4.78 is 25.1. The van der Waals surface area contributed by atoms with Crippen LogP contribution in [0.4, 0.5) is 4.39 Å². The number of primary amides is 1. The van der Waals surface area contributed by atoms with Gasteiger partial charge in [0.15, 0.2) is 5.69 Å². The summed E-state index contributed by atoms with van der Waals surface area (Å²) in [6.45, 7) is 2.00. The average Bonchev–Trinajstić information content (AvgIpc) is 3.27. The number of amides is 1. The Morgan fingerprint density at radius 3 is 2.52 bits per heavy atom. The van der Waals surface area contributed by atoms with Crippen LogP contribution in [0.1, 0.15) is 26.6 Å². The summed E-state index contributed by atoms with van der Waals surface area (Å²) in [5.41, 5.74) is 8.39. The van der Waals surface area contributed by atoms with Crippen LogP contribution in [-0.4, -0.2) is 30.1 Å². The molecular formula is C25H22FN3O3S. The maximum absolute atomic E-state index is 14.4. The van der Waals surface area contributed by atoms with E-state index in [1.165, 1.54) is 13.2 Å². The van der Waals surface area contributed by atoms with Crippen LogP contribution in [-0.2, 0) is 6.42 Å². The van der Waals surface area contributed by atoms with Crippen LogP contribution in [0, 0.1) is 12.7 Å². The second-order valence-electron chi connectivity index (χ2n) is 7.35. The van der Waals surface area contributed by atoms with Crippen LogP contribution < -0.4 is 15.2 Å². The number of carbonyl (C=O) groups is 1. The highest BCUT2D eigenvalue weighted by molar-refractivity contribution is 7.15. The van der Waals surface area contributed by atoms with Gasteiger partial charge >= 0.3 is 0 Å². The number of carbonyl (C=O) groups excluding carboxylic acids is 1. The van der Waals surface area contributed by atoms with Crippen molar-refractivity contribution in [2.45, 2.75) is 13.3 Å². The number of thiophene rings is 1. The predicted molar refractivity (Wildman–Crippen MR) is 126 cm³/mol. The van der Waals surface area contributed by atoms with Gasteiger partial charge in [-0.05, 0) is 60.5 Å². The monoisotopic (exact) mass is 463 g/mol. The molecule has 1 amide bonds. The van der Waals surface area contributed by atoms with Crippen LogP contribution in [0.25, 0.3) is 21.7 Å². The SMILES string of the molecule is COc1ccc(-c2ccc(Cc3nc(OC)c(-c4ccccc4F)nc3C(N)=O)s2)cc1C. The van der Waals surface area contributed by atoms with Gasteiger partial charge in [-0.15, -0.1) is 11.3 Å². The molecule has 2 heterocycles. The number of hydrogen-bond donors (Lipinski definition) is 1. The Morgan fingerprint density at radius 1 is 1.06 bits per heavy atom. The van der Waals surface area contributed by atoms with Gasteiger partial charge < -0.3 is 15.2 Å². The van der Waals surface area contributed by atoms with Crippen molar-refractivity contribution in [2.24, 2.45) is 5.73 Å². The molecule has 0 fully saturated rings.